The van der Waals surface area contributed by atoms with Crippen molar-refractivity contribution in [3.63, 3.8) is 0 Å². The molecule has 1 N–H and O–H groups in total. The van der Waals surface area contributed by atoms with Crippen molar-refractivity contribution in [2.24, 2.45) is 0 Å². The lowest BCUT2D eigenvalue weighted by Gasteiger charge is -2.03. The van der Waals surface area contributed by atoms with Crippen molar-refractivity contribution in [2.45, 2.75) is 26.9 Å². The van der Waals surface area contributed by atoms with Crippen LogP contribution < -0.4 is 10.1 Å². The maximum atomic E-state index is 11.2. The average molecular weight is 277 g/mol. The zero-order valence-corrected chi connectivity index (χ0v) is 11.7. The van der Waals surface area contributed by atoms with Crippen LogP contribution >= 0.6 is 11.3 Å². The number of hydrogen-bond acceptors (Lipinski definition) is 5. The van der Waals surface area contributed by atoms with Crippen molar-refractivity contribution in [3.05, 3.63) is 34.8 Å². The predicted molar refractivity (Wildman–Crippen MR) is 74.3 cm³/mol. The van der Waals surface area contributed by atoms with Gasteiger partial charge < -0.3 is 10.1 Å². The smallest absolute Gasteiger partial charge is 0.225 e. The first-order chi connectivity index (χ1) is 9.17. The molecular weight excluding hydrogens is 262 g/mol. The van der Waals surface area contributed by atoms with Gasteiger partial charge in [0, 0.05) is 6.42 Å². The number of carbonyl (C=O) groups is 1. The van der Waals surface area contributed by atoms with Crippen LogP contribution in [0.15, 0.2) is 24.3 Å². The number of benzene rings is 1. The number of nitrogens with one attached hydrogen (secondary N) is 1. The third-order valence-electron chi connectivity index (χ3n) is 2.39. The van der Waals surface area contributed by atoms with Crippen LogP contribution in [0.3, 0.4) is 0 Å². The van der Waals surface area contributed by atoms with Crippen LogP contribution in [-0.4, -0.2) is 16.1 Å². The summed E-state index contributed by atoms with van der Waals surface area (Å²) in [5.74, 6) is 0.733. The van der Waals surface area contributed by atoms with Crippen molar-refractivity contribution in [1.82, 2.24) is 10.2 Å². The zero-order valence-electron chi connectivity index (χ0n) is 10.8. The quantitative estimate of drug-likeness (QED) is 0.912. The number of amides is 1. The molecule has 0 saturated carbocycles. The molecule has 0 bridgehead atoms. The molecule has 0 atom stereocenters. The van der Waals surface area contributed by atoms with E-state index in [1.165, 1.54) is 11.3 Å². The topological polar surface area (TPSA) is 64.1 Å². The van der Waals surface area contributed by atoms with Gasteiger partial charge in [0.05, 0.1) is 0 Å². The zero-order chi connectivity index (χ0) is 13.7. The van der Waals surface area contributed by atoms with Gasteiger partial charge in [-0.15, -0.1) is 10.2 Å². The molecule has 0 spiro atoms. The van der Waals surface area contributed by atoms with E-state index in [9.17, 15) is 4.79 Å². The van der Waals surface area contributed by atoms with Gasteiger partial charge in [0.2, 0.25) is 11.0 Å². The van der Waals surface area contributed by atoms with Gasteiger partial charge in [0.1, 0.15) is 12.4 Å². The summed E-state index contributed by atoms with van der Waals surface area (Å²) >= 11 is 1.32. The second-order valence-corrected chi connectivity index (χ2v) is 5.07. The molecule has 1 heterocycles. The molecule has 1 aromatic carbocycles. The summed E-state index contributed by atoms with van der Waals surface area (Å²) < 4.78 is 5.61. The second-order valence-electron chi connectivity index (χ2n) is 4.01. The van der Waals surface area contributed by atoms with Gasteiger partial charge in [0.15, 0.2) is 5.01 Å². The minimum absolute atomic E-state index is 0.0673. The molecule has 0 aliphatic rings. The highest BCUT2D eigenvalue weighted by atomic mass is 32.1. The summed E-state index contributed by atoms with van der Waals surface area (Å²) in [5.41, 5.74) is 1.14. The predicted octanol–water partition coefficient (Wildman–Crippen LogP) is 2.77. The number of aromatic nitrogens is 2. The van der Waals surface area contributed by atoms with Gasteiger partial charge in [-0.3, -0.25) is 4.79 Å². The third kappa shape index (κ3) is 4.03. The molecule has 2 rings (SSSR count). The summed E-state index contributed by atoms with van der Waals surface area (Å²) in [4.78, 5) is 11.2. The molecule has 6 heteroatoms. The van der Waals surface area contributed by atoms with Crippen molar-refractivity contribution < 1.29 is 9.53 Å². The number of nitrogens with zero attached hydrogens (tertiary/aromatic N) is 2. The highest BCUT2D eigenvalue weighted by molar-refractivity contribution is 7.15. The van der Waals surface area contributed by atoms with Crippen LogP contribution in [0, 0.1) is 6.92 Å². The van der Waals surface area contributed by atoms with Crippen molar-refractivity contribution in [3.8, 4) is 5.75 Å². The number of carbonyl (C=O) groups excluding carboxylic acids is 1. The van der Waals surface area contributed by atoms with Gasteiger partial charge >= 0.3 is 0 Å². The Kier molecular flexibility index (Phi) is 4.46. The lowest BCUT2D eigenvalue weighted by atomic mass is 10.2. The Balaban J connectivity index is 1.91. The molecule has 1 aromatic heterocycles. The average Bonchev–Trinajstić information content (AvgIpc) is 2.84. The van der Waals surface area contributed by atoms with E-state index in [0.717, 1.165) is 16.3 Å². The normalized spacial score (nSPS) is 10.2. The molecule has 5 nitrogen and oxygen atoms in total. The van der Waals surface area contributed by atoms with Crippen molar-refractivity contribution in [1.29, 1.82) is 0 Å². The van der Waals surface area contributed by atoms with E-state index in [1.807, 2.05) is 31.2 Å². The fourth-order valence-corrected chi connectivity index (χ4v) is 2.09. The van der Waals surface area contributed by atoms with Gasteiger partial charge in [-0.2, -0.15) is 0 Å². The molecule has 0 aliphatic carbocycles. The number of hydrogen-bond donors (Lipinski definition) is 1. The minimum atomic E-state index is -0.0673. The highest BCUT2D eigenvalue weighted by Gasteiger charge is 2.07. The highest BCUT2D eigenvalue weighted by Crippen LogP contribution is 2.19. The maximum absolute atomic E-state index is 11.2. The fraction of sp³-hybridized carbons (Fsp3) is 0.308. The van der Waals surface area contributed by atoms with Gasteiger partial charge in [-0.25, -0.2) is 0 Å². The van der Waals surface area contributed by atoms with Crippen LogP contribution in [0.5, 0.6) is 5.75 Å². The van der Waals surface area contributed by atoms with Crippen LogP contribution in [0.25, 0.3) is 0 Å². The molecular formula is C13H15N3O2S. The summed E-state index contributed by atoms with van der Waals surface area (Å²) in [5, 5.41) is 11.8. The third-order valence-corrected chi connectivity index (χ3v) is 3.20. The second kappa shape index (κ2) is 6.29. The summed E-state index contributed by atoms with van der Waals surface area (Å²) in [6, 6.07) is 7.81. The maximum Gasteiger partial charge on any atom is 0.225 e. The molecule has 1 amide bonds. The van der Waals surface area contributed by atoms with Crippen molar-refractivity contribution in [2.75, 3.05) is 5.32 Å². The molecule has 0 saturated heterocycles. The Morgan fingerprint density at radius 3 is 3.00 bits per heavy atom. The molecule has 0 aliphatic heterocycles. The van der Waals surface area contributed by atoms with Crippen LogP contribution in [0.2, 0.25) is 0 Å². The first-order valence-corrected chi connectivity index (χ1v) is 6.80. The fourth-order valence-electron chi connectivity index (χ4n) is 1.42. The Hall–Kier alpha value is -1.95. The first-order valence-electron chi connectivity index (χ1n) is 5.99. The van der Waals surface area contributed by atoms with E-state index >= 15 is 0 Å². The Morgan fingerprint density at radius 2 is 2.26 bits per heavy atom. The van der Waals surface area contributed by atoms with E-state index in [2.05, 4.69) is 15.5 Å². The Labute approximate surface area is 115 Å². The van der Waals surface area contributed by atoms with E-state index in [1.54, 1.807) is 6.92 Å². The molecule has 19 heavy (non-hydrogen) atoms. The van der Waals surface area contributed by atoms with E-state index in [0.29, 0.717) is 18.2 Å². The lowest BCUT2D eigenvalue weighted by Crippen LogP contribution is -2.08. The molecule has 0 fully saturated rings. The van der Waals surface area contributed by atoms with Gasteiger partial charge in [0.25, 0.3) is 0 Å². The summed E-state index contributed by atoms with van der Waals surface area (Å²) in [6.45, 7) is 4.15. The Bertz CT molecular complexity index is 569. The minimum Gasteiger partial charge on any atom is -0.486 e. The van der Waals surface area contributed by atoms with E-state index < -0.39 is 0 Å². The number of rotatable bonds is 5. The van der Waals surface area contributed by atoms with Crippen LogP contribution in [0.4, 0.5) is 5.13 Å². The molecule has 100 valence electrons. The first kappa shape index (κ1) is 13.5. The van der Waals surface area contributed by atoms with Gasteiger partial charge in [-0.1, -0.05) is 30.4 Å². The number of ether oxygens (including phenoxy) is 1. The number of anilines is 1. The largest absolute Gasteiger partial charge is 0.486 e. The van der Waals surface area contributed by atoms with Crippen molar-refractivity contribution >= 4 is 22.4 Å². The summed E-state index contributed by atoms with van der Waals surface area (Å²) in [6.07, 6.45) is 0.425. The Morgan fingerprint density at radius 1 is 1.42 bits per heavy atom. The van der Waals surface area contributed by atoms with Gasteiger partial charge in [-0.05, 0) is 24.6 Å². The number of aryl methyl sites for hydroxylation is 1. The SMILES string of the molecule is CCC(=O)Nc1nnc(COc2cccc(C)c2)s1. The van der Waals surface area contributed by atoms with Crippen LogP contribution in [-0.2, 0) is 11.4 Å². The van der Waals surface area contributed by atoms with Crippen LogP contribution in [0.1, 0.15) is 23.9 Å². The monoisotopic (exact) mass is 277 g/mol. The molecule has 0 radical (unpaired) electrons. The standard InChI is InChI=1S/C13H15N3O2S/c1-3-11(17)14-13-16-15-12(19-13)8-18-10-6-4-5-9(2)7-10/h4-7H,3,8H2,1-2H3,(H,14,16,17). The van der Waals surface area contributed by atoms with E-state index in [4.69, 9.17) is 4.74 Å². The van der Waals surface area contributed by atoms with E-state index in [-0.39, 0.29) is 5.91 Å². The molecule has 2 aromatic rings. The lowest BCUT2D eigenvalue weighted by molar-refractivity contribution is -0.115. The molecule has 0 unspecified atom stereocenters. The summed E-state index contributed by atoms with van der Waals surface area (Å²) in [7, 11) is 0.